The highest BCUT2D eigenvalue weighted by Gasteiger charge is 2.15. The van der Waals surface area contributed by atoms with Crippen molar-refractivity contribution in [2.75, 3.05) is 5.32 Å². The minimum Gasteiger partial charge on any atom is -0.459 e. The zero-order chi connectivity index (χ0) is 22.5. The number of hydrogen-bond donors (Lipinski definition) is 2. The maximum absolute atomic E-state index is 12.6. The summed E-state index contributed by atoms with van der Waals surface area (Å²) in [6.07, 6.45) is 0.185. The van der Waals surface area contributed by atoms with Gasteiger partial charge in [-0.15, -0.1) is 11.3 Å². The van der Waals surface area contributed by atoms with E-state index in [1.54, 1.807) is 12.1 Å². The van der Waals surface area contributed by atoms with Gasteiger partial charge in [-0.3, -0.25) is 9.59 Å². The summed E-state index contributed by atoms with van der Waals surface area (Å²) in [5.74, 6) is 1.24. The molecule has 1 atom stereocenters. The van der Waals surface area contributed by atoms with Crippen molar-refractivity contribution in [2.45, 2.75) is 26.3 Å². The molecule has 0 aliphatic carbocycles. The van der Waals surface area contributed by atoms with Gasteiger partial charge in [-0.2, -0.15) is 0 Å². The van der Waals surface area contributed by atoms with Crippen LogP contribution in [0.2, 0.25) is 0 Å². The lowest BCUT2D eigenvalue weighted by molar-refractivity contribution is -0.121. The summed E-state index contributed by atoms with van der Waals surface area (Å²) in [4.78, 5) is 29.4. The summed E-state index contributed by atoms with van der Waals surface area (Å²) in [5.41, 5.74) is 2.86. The van der Waals surface area contributed by atoms with Crippen LogP contribution in [0.4, 0.5) is 5.69 Å². The Morgan fingerprint density at radius 1 is 1.06 bits per heavy atom. The lowest BCUT2D eigenvalue weighted by Gasteiger charge is -2.15. The number of amides is 2. The van der Waals surface area contributed by atoms with Crippen molar-refractivity contribution >= 4 is 28.8 Å². The first-order valence-corrected chi connectivity index (χ1v) is 11.1. The zero-order valence-corrected chi connectivity index (χ0v) is 18.6. The summed E-state index contributed by atoms with van der Waals surface area (Å²) in [7, 11) is 0. The van der Waals surface area contributed by atoms with Crippen LogP contribution in [0.25, 0.3) is 10.8 Å². The normalized spacial score (nSPS) is 11.7. The third kappa shape index (κ3) is 5.31. The highest BCUT2D eigenvalue weighted by molar-refractivity contribution is 7.13. The van der Waals surface area contributed by atoms with Crippen molar-refractivity contribution in [1.82, 2.24) is 10.3 Å². The minimum atomic E-state index is -0.220. The van der Waals surface area contributed by atoms with E-state index in [1.807, 2.05) is 73.8 Å². The van der Waals surface area contributed by atoms with Gasteiger partial charge >= 0.3 is 0 Å². The third-order valence-corrected chi connectivity index (χ3v) is 5.81. The van der Waals surface area contributed by atoms with E-state index in [4.69, 9.17) is 4.42 Å². The fourth-order valence-electron chi connectivity index (χ4n) is 3.27. The van der Waals surface area contributed by atoms with Gasteiger partial charge in [0.15, 0.2) is 10.8 Å². The van der Waals surface area contributed by atoms with E-state index in [9.17, 15) is 9.59 Å². The summed E-state index contributed by atoms with van der Waals surface area (Å²) in [6.45, 7) is 3.79. The van der Waals surface area contributed by atoms with Gasteiger partial charge in [0.1, 0.15) is 5.76 Å². The van der Waals surface area contributed by atoms with Crippen LogP contribution in [0.5, 0.6) is 0 Å². The maximum Gasteiger partial charge on any atom is 0.255 e. The quantitative estimate of drug-likeness (QED) is 0.400. The molecule has 2 aromatic heterocycles. The molecule has 2 heterocycles. The number of thiazole rings is 1. The van der Waals surface area contributed by atoms with Crippen molar-refractivity contribution in [3.05, 3.63) is 94.7 Å². The summed E-state index contributed by atoms with van der Waals surface area (Å²) < 4.78 is 5.59. The molecule has 7 heteroatoms. The van der Waals surface area contributed by atoms with Crippen molar-refractivity contribution in [3.63, 3.8) is 0 Å². The molecule has 4 aromatic rings. The number of benzene rings is 2. The first-order valence-electron chi connectivity index (χ1n) is 10.2. The second kappa shape index (κ2) is 9.62. The Morgan fingerprint density at radius 3 is 2.62 bits per heavy atom. The Balaban J connectivity index is 1.36. The van der Waals surface area contributed by atoms with Crippen LogP contribution in [0.3, 0.4) is 0 Å². The van der Waals surface area contributed by atoms with Crippen LogP contribution in [0, 0.1) is 6.92 Å². The molecule has 2 N–H and O–H groups in total. The number of aryl methyl sites for hydroxylation is 1. The number of nitrogens with zero attached hydrogens (tertiary/aromatic N) is 1. The molecule has 2 aromatic carbocycles. The highest BCUT2D eigenvalue weighted by atomic mass is 32.1. The smallest absolute Gasteiger partial charge is 0.255 e. The lowest BCUT2D eigenvalue weighted by Crippen LogP contribution is -2.28. The topological polar surface area (TPSA) is 84.2 Å². The molecule has 1 unspecified atom stereocenters. The standard InChI is InChI=1S/C25H23N3O3S/c1-16-11-12-22(31-16)25-28-21(15-32-25)14-23(29)26-17(2)19-9-6-10-20(13-19)27-24(30)18-7-4-3-5-8-18/h3-13,15,17H,14H2,1-2H3,(H,26,29)(H,27,30). The Labute approximate surface area is 190 Å². The SMILES string of the molecule is Cc1ccc(-c2nc(CC(=O)NC(C)c3cccc(NC(=O)c4ccccc4)c3)cs2)o1. The van der Waals surface area contributed by atoms with E-state index in [0.717, 1.165) is 16.3 Å². The Bertz CT molecular complexity index is 1230. The molecule has 0 radical (unpaired) electrons. The van der Waals surface area contributed by atoms with Crippen LogP contribution in [-0.2, 0) is 11.2 Å². The number of rotatable bonds is 7. The van der Waals surface area contributed by atoms with E-state index in [2.05, 4.69) is 15.6 Å². The van der Waals surface area contributed by atoms with Crippen LogP contribution < -0.4 is 10.6 Å². The average Bonchev–Trinajstić information content (AvgIpc) is 3.43. The van der Waals surface area contributed by atoms with Gasteiger partial charge in [0.2, 0.25) is 5.91 Å². The second-order valence-corrected chi connectivity index (χ2v) is 8.32. The molecule has 2 amide bonds. The Kier molecular flexibility index (Phi) is 6.47. The van der Waals surface area contributed by atoms with Crippen molar-refractivity contribution < 1.29 is 14.0 Å². The molecule has 0 saturated heterocycles. The predicted octanol–water partition coefficient (Wildman–Crippen LogP) is 5.38. The maximum atomic E-state index is 12.6. The van der Waals surface area contributed by atoms with Gasteiger partial charge in [0.25, 0.3) is 5.91 Å². The molecule has 0 bridgehead atoms. The van der Waals surface area contributed by atoms with Crippen LogP contribution in [0.15, 0.2) is 76.5 Å². The van der Waals surface area contributed by atoms with E-state index in [1.165, 1.54) is 11.3 Å². The molecule has 4 rings (SSSR count). The fraction of sp³-hybridized carbons (Fsp3) is 0.160. The number of hydrogen-bond acceptors (Lipinski definition) is 5. The van der Waals surface area contributed by atoms with Gasteiger partial charge in [-0.1, -0.05) is 30.3 Å². The van der Waals surface area contributed by atoms with Crippen LogP contribution in [-0.4, -0.2) is 16.8 Å². The Hall–Kier alpha value is -3.71. The zero-order valence-electron chi connectivity index (χ0n) is 17.8. The third-order valence-electron chi connectivity index (χ3n) is 4.90. The molecule has 0 saturated carbocycles. The molecule has 162 valence electrons. The highest BCUT2D eigenvalue weighted by Crippen LogP contribution is 2.26. The lowest BCUT2D eigenvalue weighted by atomic mass is 10.1. The van der Waals surface area contributed by atoms with Gasteiger partial charge in [-0.25, -0.2) is 4.98 Å². The minimum absolute atomic E-state index is 0.122. The van der Waals surface area contributed by atoms with Gasteiger partial charge in [0.05, 0.1) is 18.2 Å². The first-order chi connectivity index (χ1) is 15.5. The fourth-order valence-corrected chi connectivity index (χ4v) is 4.05. The molecule has 6 nitrogen and oxygen atoms in total. The van der Waals surface area contributed by atoms with E-state index in [0.29, 0.717) is 22.7 Å². The number of aromatic nitrogens is 1. The largest absolute Gasteiger partial charge is 0.459 e. The van der Waals surface area contributed by atoms with E-state index in [-0.39, 0.29) is 24.3 Å². The molecule has 0 aliphatic rings. The Morgan fingerprint density at radius 2 is 1.88 bits per heavy atom. The number of carbonyl (C=O) groups is 2. The number of furan rings is 1. The predicted molar refractivity (Wildman–Crippen MR) is 126 cm³/mol. The molecule has 0 aliphatic heterocycles. The van der Waals surface area contributed by atoms with Crippen molar-refractivity contribution in [3.8, 4) is 10.8 Å². The summed E-state index contributed by atoms with van der Waals surface area (Å²) in [5, 5.41) is 8.53. The first kappa shape index (κ1) is 21.5. The second-order valence-electron chi connectivity index (χ2n) is 7.47. The van der Waals surface area contributed by atoms with Crippen LogP contribution >= 0.6 is 11.3 Å². The average molecular weight is 446 g/mol. The van der Waals surface area contributed by atoms with Gasteiger partial charge in [-0.05, 0) is 55.8 Å². The van der Waals surface area contributed by atoms with Crippen molar-refractivity contribution in [1.29, 1.82) is 0 Å². The monoisotopic (exact) mass is 445 g/mol. The number of carbonyl (C=O) groups excluding carboxylic acids is 2. The molecular weight excluding hydrogens is 422 g/mol. The van der Waals surface area contributed by atoms with Crippen LogP contribution in [0.1, 0.15) is 40.3 Å². The number of nitrogens with one attached hydrogen (secondary N) is 2. The molecule has 32 heavy (non-hydrogen) atoms. The number of anilines is 1. The summed E-state index contributed by atoms with van der Waals surface area (Å²) in [6, 6.07) is 20.1. The van der Waals surface area contributed by atoms with Crippen molar-refractivity contribution in [2.24, 2.45) is 0 Å². The molecular formula is C25H23N3O3S. The van der Waals surface area contributed by atoms with Gasteiger partial charge in [0, 0.05) is 16.6 Å². The molecule has 0 spiro atoms. The van der Waals surface area contributed by atoms with E-state index >= 15 is 0 Å². The van der Waals surface area contributed by atoms with E-state index < -0.39 is 0 Å². The molecule has 0 fully saturated rings. The van der Waals surface area contributed by atoms with Gasteiger partial charge < -0.3 is 15.1 Å². The summed E-state index contributed by atoms with van der Waals surface area (Å²) >= 11 is 1.45.